The van der Waals surface area contributed by atoms with Crippen LogP contribution < -0.4 is 16.0 Å². The highest BCUT2D eigenvalue weighted by Crippen LogP contribution is 2.39. The van der Waals surface area contributed by atoms with Crippen LogP contribution in [0, 0.1) is 6.92 Å². The number of H-pyrrole nitrogens is 1. The summed E-state index contributed by atoms with van der Waals surface area (Å²) in [6.45, 7) is 11.1. The monoisotopic (exact) mass is 559 g/mol. The number of hydrogen-bond donors (Lipinski definition) is 6. The molecule has 6 N–H and O–H groups in total. The molecule has 41 heavy (non-hydrogen) atoms. The minimum atomic E-state index is -0.499. The van der Waals surface area contributed by atoms with E-state index in [9.17, 15) is 14.7 Å². The third-order valence-corrected chi connectivity index (χ3v) is 7.53. The number of carbonyl (C=O) groups is 2. The molecule has 0 spiro atoms. The quantitative estimate of drug-likeness (QED) is 0.178. The van der Waals surface area contributed by atoms with Crippen molar-refractivity contribution in [2.75, 3.05) is 44.6 Å². The van der Waals surface area contributed by atoms with E-state index in [-0.39, 0.29) is 31.0 Å². The van der Waals surface area contributed by atoms with Gasteiger partial charge in [-0.1, -0.05) is 44.2 Å². The maximum Gasteiger partial charge on any atom is 0.256 e. The van der Waals surface area contributed by atoms with Crippen molar-refractivity contribution in [3.05, 3.63) is 76.6 Å². The molecule has 2 atom stereocenters. The Morgan fingerprint density at radius 1 is 1.12 bits per heavy atom. The number of rotatable bonds is 13. The second-order valence-corrected chi connectivity index (χ2v) is 10.3. The van der Waals surface area contributed by atoms with Gasteiger partial charge >= 0.3 is 0 Å². The Morgan fingerprint density at radius 3 is 2.54 bits per heavy atom. The molecule has 2 aromatic carbocycles. The number of aliphatic hydroxyl groups is 2. The van der Waals surface area contributed by atoms with Gasteiger partial charge in [0, 0.05) is 59.4 Å². The van der Waals surface area contributed by atoms with E-state index < -0.39 is 6.10 Å². The smallest absolute Gasteiger partial charge is 0.256 e. The van der Waals surface area contributed by atoms with Crippen LogP contribution in [0.2, 0.25) is 0 Å². The Bertz CT molecular complexity index is 1390. The highest BCUT2D eigenvalue weighted by atomic mass is 16.3. The molecule has 9 nitrogen and oxygen atoms in total. The van der Waals surface area contributed by atoms with Crippen LogP contribution in [0.25, 0.3) is 22.8 Å². The van der Waals surface area contributed by atoms with Crippen LogP contribution in [0.5, 0.6) is 0 Å². The van der Waals surface area contributed by atoms with Crippen molar-refractivity contribution in [1.29, 1.82) is 0 Å². The van der Waals surface area contributed by atoms with E-state index in [2.05, 4.69) is 46.6 Å². The van der Waals surface area contributed by atoms with Crippen molar-refractivity contribution in [1.82, 2.24) is 20.5 Å². The maximum absolute atomic E-state index is 13.1. The largest absolute Gasteiger partial charge is 0.395 e. The fourth-order valence-corrected chi connectivity index (χ4v) is 5.38. The van der Waals surface area contributed by atoms with E-state index in [1.54, 1.807) is 18.2 Å². The molecule has 1 aliphatic rings. The minimum Gasteiger partial charge on any atom is -0.395 e. The SMILES string of the molecule is CCN(CC)CC(O)CNC(C)c1c(C)[nH]c(/C=C2\C(=O)Nc3ccc(C(=O)NCCO)cc32)c1-c1ccccc1. The first-order chi connectivity index (χ1) is 19.8. The Labute approximate surface area is 241 Å². The fourth-order valence-electron chi connectivity index (χ4n) is 5.38. The highest BCUT2D eigenvalue weighted by molar-refractivity contribution is 6.35. The molecule has 2 heterocycles. The molecule has 4 rings (SSSR count). The summed E-state index contributed by atoms with van der Waals surface area (Å²) in [5.41, 5.74) is 6.95. The minimum absolute atomic E-state index is 0.0773. The van der Waals surface area contributed by atoms with Crippen molar-refractivity contribution in [2.24, 2.45) is 0 Å². The Morgan fingerprint density at radius 2 is 1.85 bits per heavy atom. The standard InChI is InChI=1S/C32H41N5O4/c1-5-37(6-2)19-24(39)18-34-20(3)29-21(4)35-28(30(29)22-10-8-7-9-11-22)17-26-25-16-23(31(40)33-14-15-38)12-13-27(25)36-32(26)41/h7-13,16-17,20,24,34-35,38-39H,5-6,14-15,18-19H2,1-4H3,(H,33,40)(H,36,41)/b26-17-. The van der Waals surface area contributed by atoms with Gasteiger partial charge in [-0.2, -0.15) is 0 Å². The number of carbonyl (C=O) groups excluding carboxylic acids is 2. The lowest BCUT2D eigenvalue weighted by atomic mass is 9.94. The topological polar surface area (TPSA) is 130 Å². The average molecular weight is 560 g/mol. The lowest BCUT2D eigenvalue weighted by Gasteiger charge is -2.24. The molecule has 1 aliphatic heterocycles. The molecular weight excluding hydrogens is 518 g/mol. The summed E-state index contributed by atoms with van der Waals surface area (Å²) in [5.74, 6) is -0.557. The van der Waals surface area contributed by atoms with Gasteiger partial charge in [-0.3, -0.25) is 9.59 Å². The van der Waals surface area contributed by atoms with Gasteiger partial charge in [0.25, 0.3) is 11.8 Å². The lowest BCUT2D eigenvalue weighted by molar-refractivity contribution is -0.110. The van der Waals surface area contributed by atoms with E-state index in [1.165, 1.54) is 0 Å². The number of fused-ring (bicyclic) bond motifs is 1. The number of anilines is 1. The number of benzene rings is 2. The van der Waals surface area contributed by atoms with Gasteiger partial charge in [-0.15, -0.1) is 0 Å². The van der Waals surface area contributed by atoms with Gasteiger partial charge in [-0.05, 0) is 62.3 Å². The molecule has 2 amide bonds. The van der Waals surface area contributed by atoms with Crippen LogP contribution in [0.3, 0.4) is 0 Å². The second-order valence-electron chi connectivity index (χ2n) is 10.3. The molecule has 9 heteroatoms. The second kappa shape index (κ2) is 13.7. The van der Waals surface area contributed by atoms with Crippen molar-refractivity contribution < 1.29 is 19.8 Å². The maximum atomic E-state index is 13.1. The molecule has 0 radical (unpaired) electrons. The number of hydrogen-bond acceptors (Lipinski definition) is 6. The van der Waals surface area contributed by atoms with Gasteiger partial charge in [-0.25, -0.2) is 0 Å². The van der Waals surface area contributed by atoms with Crippen LogP contribution in [0.1, 0.15) is 59.7 Å². The lowest BCUT2D eigenvalue weighted by Crippen LogP contribution is -2.39. The summed E-state index contributed by atoms with van der Waals surface area (Å²) in [5, 5.41) is 28.8. The third kappa shape index (κ3) is 6.94. The molecule has 0 bridgehead atoms. The van der Waals surface area contributed by atoms with Crippen molar-refractivity contribution in [3.8, 4) is 11.1 Å². The van der Waals surface area contributed by atoms with Gasteiger partial charge < -0.3 is 36.0 Å². The summed E-state index contributed by atoms with van der Waals surface area (Å²) < 4.78 is 0. The van der Waals surface area contributed by atoms with Crippen molar-refractivity contribution >= 4 is 29.2 Å². The number of likely N-dealkylation sites (N-methyl/N-ethyl adjacent to an activating group) is 1. The number of amides is 2. The summed E-state index contributed by atoms with van der Waals surface area (Å²) in [6, 6.07) is 15.0. The van der Waals surface area contributed by atoms with Crippen LogP contribution in [0.4, 0.5) is 5.69 Å². The average Bonchev–Trinajstić information content (AvgIpc) is 3.48. The first kappa shape index (κ1) is 30.2. The van der Waals surface area contributed by atoms with E-state index in [0.717, 1.165) is 41.2 Å². The number of aliphatic hydroxyl groups excluding tert-OH is 2. The molecule has 0 fully saturated rings. The first-order valence-electron chi connectivity index (χ1n) is 14.2. The van der Waals surface area contributed by atoms with Gasteiger partial charge in [0.1, 0.15) is 0 Å². The van der Waals surface area contributed by atoms with Crippen molar-refractivity contribution in [3.63, 3.8) is 0 Å². The van der Waals surface area contributed by atoms with E-state index >= 15 is 0 Å². The highest BCUT2D eigenvalue weighted by Gasteiger charge is 2.28. The van der Waals surface area contributed by atoms with Crippen LogP contribution in [-0.2, 0) is 4.79 Å². The number of nitrogens with zero attached hydrogens (tertiary/aromatic N) is 1. The molecular formula is C32H41N5O4. The summed E-state index contributed by atoms with van der Waals surface area (Å²) in [4.78, 5) is 31.3. The molecule has 1 aromatic heterocycles. The Balaban J connectivity index is 1.70. The molecule has 2 unspecified atom stereocenters. The van der Waals surface area contributed by atoms with Crippen LogP contribution in [-0.4, -0.2) is 77.3 Å². The Kier molecular flexibility index (Phi) is 10.1. The predicted octanol–water partition coefficient (Wildman–Crippen LogP) is 3.56. The van der Waals surface area contributed by atoms with Crippen LogP contribution in [0.15, 0.2) is 48.5 Å². The number of aryl methyl sites for hydroxylation is 1. The zero-order valence-corrected chi connectivity index (χ0v) is 24.3. The molecule has 3 aromatic rings. The molecule has 218 valence electrons. The Hall–Kier alpha value is -3.76. The molecule has 0 saturated carbocycles. The number of aromatic amines is 1. The van der Waals surface area contributed by atoms with Gasteiger partial charge in [0.15, 0.2) is 0 Å². The van der Waals surface area contributed by atoms with Crippen LogP contribution >= 0.6 is 0 Å². The third-order valence-electron chi connectivity index (χ3n) is 7.53. The zero-order chi connectivity index (χ0) is 29.5. The molecule has 0 aliphatic carbocycles. The first-order valence-corrected chi connectivity index (χ1v) is 14.2. The normalized spacial score (nSPS) is 15.2. The van der Waals surface area contributed by atoms with Gasteiger partial charge in [0.05, 0.1) is 18.3 Å². The predicted molar refractivity (Wildman–Crippen MR) is 164 cm³/mol. The summed E-state index contributed by atoms with van der Waals surface area (Å²) in [6.07, 6.45) is 1.35. The zero-order valence-electron chi connectivity index (χ0n) is 24.3. The van der Waals surface area contributed by atoms with E-state index in [0.29, 0.717) is 35.5 Å². The van der Waals surface area contributed by atoms with E-state index in [1.807, 2.05) is 43.3 Å². The van der Waals surface area contributed by atoms with Gasteiger partial charge in [0.2, 0.25) is 0 Å². The van der Waals surface area contributed by atoms with Crippen molar-refractivity contribution in [2.45, 2.75) is 39.8 Å². The molecule has 0 saturated heterocycles. The number of nitrogens with one attached hydrogen (secondary N) is 4. The van der Waals surface area contributed by atoms with E-state index in [4.69, 9.17) is 5.11 Å². The summed E-state index contributed by atoms with van der Waals surface area (Å²) in [7, 11) is 0. The number of aromatic nitrogens is 1. The summed E-state index contributed by atoms with van der Waals surface area (Å²) >= 11 is 0. The fraction of sp³-hybridized carbons (Fsp3) is 0.375.